The highest BCUT2D eigenvalue weighted by atomic mass is 16.5. The van der Waals surface area contributed by atoms with Crippen molar-refractivity contribution in [3.8, 4) is 5.75 Å². The SMILES string of the molecule is CC(C)OCCOc1ccc(NC(=O)C2CNC3=C2c2ncncc2C=CC3)cc1. The van der Waals surface area contributed by atoms with Gasteiger partial charge in [0, 0.05) is 41.7 Å². The first kappa shape index (κ1) is 20.1. The Balaban J connectivity index is 1.41. The van der Waals surface area contributed by atoms with Gasteiger partial charge in [0.25, 0.3) is 0 Å². The van der Waals surface area contributed by atoms with Crippen molar-refractivity contribution >= 4 is 23.2 Å². The summed E-state index contributed by atoms with van der Waals surface area (Å²) in [7, 11) is 0. The molecule has 4 rings (SSSR count). The lowest BCUT2D eigenvalue weighted by Crippen LogP contribution is -2.27. The average Bonchev–Trinajstić information content (AvgIpc) is 3.08. The molecule has 1 aliphatic heterocycles. The third-order valence-corrected chi connectivity index (χ3v) is 5.05. The zero-order chi connectivity index (χ0) is 20.9. The van der Waals surface area contributed by atoms with Gasteiger partial charge in [-0.25, -0.2) is 9.97 Å². The number of hydrogen-bond donors (Lipinski definition) is 2. The Hall–Kier alpha value is -3.19. The zero-order valence-corrected chi connectivity index (χ0v) is 17.2. The number of allylic oxidation sites excluding steroid dienone is 1. The van der Waals surface area contributed by atoms with Crippen LogP contribution in [0.2, 0.25) is 0 Å². The molecule has 1 aromatic heterocycles. The Morgan fingerprint density at radius 2 is 2.10 bits per heavy atom. The standard InChI is InChI=1S/C23H26N4O3/c1-15(2)29-10-11-30-18-8-6-17(7-9-18)27-23(28)19-13-25-20-5-3-4-16-12-24-14-26-22(16)21(19)20/h3-4,6-9,12,14-15,19,25H,5,10-11,13H2,1-2H3,(H,27,28). The summed E-state index contributed by atoms with van der Waals surface area (Å²) in [4.78, 5) is 21.6. The molecule has 156 valence electrons. The molecule has 2 heterocycles. The molecule has 1 amide bonds. The molecule has 0 fully saturated rings. The van der Waals surface area contributed by atoms with Crippen molar-refractivity contribution < 1.29 is 14.3 Å². The Labute approximate surface area is 176 Å². The number of hydrogen-bond acceptors (Lipinski definition) is 6. The Morgan fingerprint density at radius 1 is 1.27 bits per heavy atom. The van der Waals surface area contributed by atoms with Crippen LogP contribution >= 0.6 is 0 Å². The van der Waals surface area contributed by atoms with Crippen molar-refractivity contribution in [2.45, 2.75) is 26.4 Å². The first-order valence-corrected chi connectivity index (χ1v) is 10.2. The summed E-state index contributed by atoms with van der Waals surface area (Å²) in [6, 6.07) is 7.39. The maximum atomic E-state index is 13.1. The van der Waals surface area contributed by atoms with E-state index in [2.05, 4.69) is 26.7 Å². The molecular formula is C23H26N4O3. The predicted octanol–water partition coefficient (Wildman–Crippen LogP) is 3.27. The Bertz CT molecular complexity index is 967. The topological polar surface area (TPSA) is 85.4 Å². The van der Waals surface area contributed by atoms with E-state index in [-0.39, 0.29) is 17.9 Å². The molecule has 2 N–H and O–H groups in total. The number of ether oxygens (including phenoxy) is 2. The summed E-state index contributed by atoms with van der Waals surface area (Å²) in [5, 5.41) is 6.40. The largest absolute Gasteiger partial charge is 0.491 e. The monoisotopic (exact) mass is 406 g/mol. The molecule has 0 radical (unpaired) electrons. The normalized spacial score (nSPS) is 17.2. The third-order valence-electron chi connectivity index (χ3n) is 5.05. The highest BCUT2D eigenvalue weighted by molar-refractivity contribution is 6.02. The van der Waals surface area contributed by atoms with Gasteiger partial charge in [0.1, 0.15) is 18.7 Å². The maximum Gasteiger partial charge on any atom is 0.233 e. The molecule has 1 aromatic carbocycles. The lowest BCUT2D eigenvalue weighted by atomic mass is 9.94. The number of fused-ring (bicyclic) bond motifs is 2. The number of aromatic nitrogens is 2. The van der Waals surface area contributed by atoms with Gasteiger partial charge in [-0.2, -0.15) is 0 Å². The van der Waals surface area contributed by atoms with Crippen LogP contribution in [-0.4, -0.2) is 41.7 Å². The van der Waals surface area contributed by atoms with Crippen LogP contribution < -0.4 is 15.4 Å². The summed E-state index contributed by atoms with van der Waals surface area (Å²) in [6.07, 6.45) is 8.34. The minimum absolute atomic E-state index is 0.0574. The van der Waals surface area contributed by atoms with E-state index in [4.69, 9.17) is 9.47 Å². The minimum atomic E-state index is -0.308. The summed E-state index contributed by atoms with van der Waals surface area (Å²) in [5.74, 6) is 0.379. The number of nitrogens with zero attached hydrogens (tertiary/aromatic N) is 2. The maximum absolute atomic E-state index is 13.1. The molecule has 30 heavy (non-hydrogen) atoms. The van der Waals surface area contributed by atoms with E-state index < -0.39 is 0 Å². The second-order valence-electron chi connectivity index (χ2n) is 7.54. The van der Waals surface area contributed by atoms with E-state index in [1.807, 2.05) is 44.2 Å². The summed E-state index contributed by atoms with van der Waals surface area (Å²) < 4.78 is 11.1. The van der Waals surface area contributed by atoms with Gasteiger partial charge in [-0.3, -0.25) is 4.79 Å². The van der Waals surface area contributed by atoms with Crippen LogP contribution in [0.15, 0.2) is 48.6 Å². The van der Waals surface area contributed by atoms with Crippen LogP contribution in [0, 0.1) is 5.92 Å². The van der Waals surface area contributed by atoms with Crippen molar-refractivity contribution in [1.82, 2.24) is 15.3 Å². The second-order valence-corrected chi connectivity index (χ2v) is 7.54. The number of benzene rings is 1. The summed E-state index contributed by atoms with van der Waals surface area (Å²) >= 11 is 0. The molecule has 1 aliphatic carbocycles. The summed E-state index contributed by atoms with van der Waals surface area (Å²) in [6.45, 7) is 5.58. The molecule has 0 saturated carbocycles. The molecule has 0 saturated heterocycles. The van der Waals surface area contributed by atoms with Gasteiger partial charge in [0.05, 0.1) is 24.3 Å². The smallest absolute Gasteiger partial charge is 0.233 e. The Kier molecular flexibility index (Phi) is 6.09. The van der Waals surface area contributed by atoms with E-state index >= 15 is 0 Å². The van der Waals surface area contributed by atoms with Gasteiger partial charge in [0.15, 0.2) is 0 Å². The quantitative estimate of drug-likeness (QED) is 0.687. The minimum Gasteiger partial charge on any atom is -0.491 e. The number of carbonyl (C=O) groups excluding carboxylic acids is 1. The van der Waals surface area contributed by atoms with Gasteiger partial charge in [0.2, 0.25) is 5.91 Å². The fraction of sp³-hybridized carbons (Fsp3) is 0.348. The number of rotatable bonds is 7. The van der Waals surface area contributed by atoms with Gasteiger partial charge in [-0.1, -0.05) is 12.2 Å². The van der Waals surface area contributed by atoms with Gasteiger partial charge in [-0.05, 0) is 38.1 Å². The van der Waals surface area contributed by atoms with Crippen LogP contribution in [0.5, 0.6) is 5.75 Å². The molecule has 2 aromatic rings. The highest BCUT2D eigenvalue weighted by Crippen LogP contribution is 2.36. The highest BCUT2D eigenvalue weighted by Gasteiger charge is 2.34. The second kappa shape index (κ2) is 9.09. The van der Waals surface area contributed by atoms with Gasteiger partial charge in [-0.15, -0.1) is 0 Å². The lowest BCUT2D eigenvalue weighted by molar-refractivity contribution is -0.118. The molecule has 0 bridgehead atoms. The van der Waals surface area contributed by atoms with Crippen molar-refractivity contribution in [3.05, 3.63) is 59.8 Å². The van der Waals surface area contributed by atoms with Crippen molar-refractivity contribution in [3.63, 3.8) is 0 Å². The number of amides is 1. The molecule has 7 nitrogen and oxygen atoms in total. The predicted molar refractivity (Wildman–Crippen MR) is 116 cm³/mol. The first-order valence-electron chi connectivity index (χ1n) is 10.2. The fourth-order valence-electron chi connectivity index (χ4n) is 3.65. The molecular weight excluding hydrogens is 380 g/mol. The van der Waals surface area contributed by atoms with Crippen LogP contribution in [-0.2, 0) is 9.53 Å². The van der Waals surface area contributed by atoms with Crippen LogP contribution in [0.4, 0.5) is 5.69 Å². The molecule has 2 aliphatic rings. The van der Waals surface area contributed by atoms with Crippen molar-refractivity contribution in [1.29, 1.82) is 0 Å². The number of carbonyl (C=O) groups is 1. The fourth-order valence-corrected chi connectivity index (χ4v) is 3.65. The van der Waals surface area contributed by atoms with E-state index in [9.17, 15) is 4.79 Å². The van der Waals surface area contributed by atoms with E-state index in [1.54, 1.807) is 6.20 Å². The third kappa shape index (κ3) is 4.52. The summed E-state index contributed by atoms with van der Waals surface area (Å²) in [5.41, 5.74) is 4.50. The first-order chi connectivity index (χ1) is 14.6. The Morgan fingerprint density at radius 3 is 2.90 bits per heavy atom. The van der Waals surface area contributed by atoms with Gasteiger partial charge < -0.3 is 20.1 Å². The molecule has 1 unspecified atom stereocenters. The zero-order valence-electron chi connectivity index (χ0n) is 17.2. The van der Waals surface area contributed by atoms with Crippen molar-refractivity contribution in [2.75, 3.05) is 25.1 Å². The van der Waals surface area contributed by atoms with Crippen LogP contribution in [0.25, 0.3) is 11.6 Å². The lowest BCUT2D eigenvalue weighted by Gasteiger charge is -2.15. The van der Waals surface area contributed by atoms with Crippen molar-refractivity contribution in [2.24, 2.45) is 5.92 Å². The molecule has 7 heteroatoms. The molecule has 0 spiro atoms. The van der Waals surface area contributed by atoms with E-state index in [0.29, 0.717) is 19.8 Å². The van der Waals surface area contributed by atoms with Gasteiger partial charge >= 0.3 is 0 Å². The molecule has 1 atom stereocenters. The van der Waals surface area contributed by atoms with Crippen LogP contribution in [0.1, 0.15) is 31.5 Å². The number of nitrogens with one attached hydrogen (secondary N) is 2. The average molecular weight is 406 g/mol. The van der Waals surface area contributed by atoms with Crippen LogP contribution in [0.3, 0.4) is 0 Å². The number of anilines is 1. The van der Waals surface area contributed by atoms with E-state index in [0.717, 1.165) is 40.4 Å². The van der Waals surface area contributed by atoms with E-state index in [1.165, 1.54) is 6.33 Å².